The molecule has 2 aromatic heterocycles. The SMILES string of the molecule is CCNC(CC)Cc1nc(-c2ncc(Br)cc2Br)no1. The fraction of sp³-hybridized carbons (Fsp3) is 0.462. The summed E-state index contributed by atoms with van der Waals surface area (Å²) in [5.41, 5.74) is 0.680. The summed E-state index contributed by atoms with van der Waals surface area (Å²) in [6, 6.07) is 2.26. The average molecular weight is 404 g/mol. The first kappa shape index (κ1) is 15.6. The second-order valence-electron chi connectivity index (χ2n) is 4.36. The lowest BCUT2D eigenvalue weighted by Gasteiger charge is -2.12. The molecular weight excluding hydrogens is 388 g/mol. The number of aromatic nitrogens is 3. The zero-order valence-corrected chi connectivity index (χ0v) is 14.5. The summed E-state index contributed by atoms with van der Waals surface area (Å²) in [7, 11) is 0. The van der Waals surface area contributed by atoms with E-state index in [4.69, 9.17) is 4.52 Å². The van der Waals surface area contributed by atoms with Gasteiger partial charge in [0.05, 0.1) is 0 Å². The molecule has 1 atom stereocenters. The molecule has 0 saturated heterocycles. The van der Waals surface area contributed by atoms with E-state index >= 15 is 0 Å². The van der Waals surface area contributed by atoms with Crippen molar-refractivity contribution in [2.75, 3.05) is 6.54 Å². The van der Waals surface area contributed by atoms with Crippen LogP contribution in [0.5, 0.6) is 0 Å². The summed E-state index contributed by atoms with van der Waals surface area (Å²) in [6.07, 6.45) is 3.46. The Balaban J connectivity index is 2.16. The van der Waals surface area contributed by atoms with Crippen molar-refractivity contribution in [3.63, 3.8) is 0 Å². The lowest BCUT2D eigenvalue weighted by molar-refractivity contribution is 0.355. The first-order valence-electron chi connectivity index (χ1n) is 6.51. The molecular formula is C13H16Br2N4O. The summed E-state index contributed by atoms with van der Waals surface area (Å²) in [6.45, 7) is 5.15. The minimum Gasteiger partial charge on any atom is -0.339 e. The van der Waals surface area contributed by atoms with Gasteiger partial charge in [-0.1, -0.05) is 19.0 Å². The highest BCUT2D eigenvalue weighted by Gasteiger charge is 2.16. The standard InChI is InChI=1S/C13H16Br2N4O/c1-3-9(16-4-2)6-11-18-13(19-20-11)12-10(15)5-8(14)7-17-12/h5,7,9,16H,3-4,6H2,1-2H3. The van der Waals surface area contributed by atoms with Gasteiger partial charge in [-0.05, 0) is 50.9 Å². The molecule has 7 heteroatoms. The van der Waals surface area contributed by atoms with Gasteiger partial charge >= 0.3 is 0 Å². The maximum atomic E-state index is 5.31. The number of pyridine rings is 1. The fourth-order valence-corrected chi connectivity index (χ4v) is 3.04. The van der Waals surface area contributed by atoms with Crippen LogP contribution in [0.25, 0.3) is 11.5 Å². The third-order valence-corrected chi connectivity index (χ3v) is 3.93. The van der Waals surface area contributed by atoms with Gasteiger partial charge in [-0.3, -0.25) is 4.98 Å². The second-order valence-corrected chi connectivity index (χ2v) is 6.13. The van der Waals surface area contributed by atoms with Crippen LogP contribution in [0.2, 0.25) is 0 Å². The highest BCUT2D eigenvalue weighted by atomic mass is 79.9. The van der Waals surface area contributed by atoms with Crippen molar-refractivity contribution in [2.24, 2.45) is 0 Å². The van der Waals surface area contributed by atoms with Gasteiger partial charge in [0.2, 0.25) is 11.7 Å². The molecule has 1 unspecified atom stereocenters. The lowest BCUT2D eigenvalue weighted by atomic mass is 10.1. The number of halogens is 2. The van der Waals surface area contributed by atoms with Gasteiger partial charge in [0, 0.05) is 27.6 Å². The van der Waals surface area contributed by atoms with E-state index < -0.39 is 0 Å². The number of nitrogens with zero attached hydrogens (tertiary/aromatic N) is 3. The Kier molecular flexibility index (Phi) is 5.68. The van der Waals surface area contributed by atoms with E-state index in [9.17, 15) is 0 Å². The van der Waals surface area contributed by atoms with E-state index in [2.05, 4.69) is 66.1 Å². The van der Waals surface area contributed by atoms with Gasteiger partial charge in [-0.2, -0.15) is 4.98 Å². The van der Waals surface area contributed by atoms with Crippen LogP contribution in [0.15, 0.2) is 25.7 Å². The maximum absolute atomic E-state index is 5.31. The molecule has 0 amide bonds. The first-order valence-corrected chi connectivity index (χ1v) is 8.10. The van der Waals surface area contributed by atoms with Crippen LogP contribution >= 0.6 is 31.9 Å². The van der Waals surface area contributed by atoms with Crippen LogP contribution in [-0.2, 0) is 6.42 Å². The molecule has 0 aliphatic carbocycles. The van der Waals surface area contributed by atoms with E-state index in [1.165, 1.54) is 0 Å². The van der Waals surface area contributed by atoms with Crippen LogP contribution < -0.4 is 5.32 Å². The normalized spacial score (nSPS) is 12.6. The van der Waals surface area contributed by atoms with Crippen molar-refractivity contribution < 1.29 is 4.52 Å². The van der Waals surface area contributed by atoms with Gasteiger partial charge in [-0.25, -0.2) is 0 Å². The Morgan fingerprint density at radius 3 is 2.80 bits per heavy atom. The largest absolute Gasteiger partial charge is 0.339 e. The molecule has 1 N–H and O–H groups in total. The molecule has 0 bridgehead atoms. The number of nitrogens with one attached hydrogen (secondary N) is 1. The van der Waals surface area contributed by atoms with Crippen molar-refractivity contribution in [3.8, 4) is 11.5 Å². The molecule has 0 radical (unpaired) electrons. The highest BCUT2D eigenvalue weighted by Crippen LogP contribution is 2.26. The summed E-state index contributed by atoms with van der Waals surface area (Å²) in [5, 5.41) is 7.39. The average Bonchev–Trinajstić information content (AvgIpc) is 2.86. The Labute approximate surface area is 134 Å². The third-order valence-electron chi connectivity index (χ3n) is 2.89. The summed E-state index contributed by atoms with van der Waals surface area (Å²) in [4.78, 5) is 8.72. The summed E-state index contributed by atoms with van der Waals surface area (Å²) in [5.74, 6) is 1.13. The van der Waals surface area contributed by atoms with E-state index in [-0.39, 0.29) is 0 Å². The topological polar surface area (TPSA) is 63.8 Å². The second kappa shape index (κ2) is 7.28. The van der Waals surface area contributed by atoms with E-state index in [0.717, 1.165) is 28.3 Å². The number of hydrogen-bond donors (Lipinski definition) is 1. The molecule has 108 valence electrons. The zero-order valence-electron chi connectivity index (χ0n) is 11.4. The molecule has 0 aliphatic heterocycles. The van der Waals surface area contributed by atoms with Crippen LogP contribution in [0, 0.1) is 0 Å². The van der Waals surface area contributed by atoms with E-state index in [1.54, 1.807) is 6.20 Å². The van der Waals surface area contributed by atoms with Gasteiger partial charge in [0.1, 0.15) is 5.69 Å². The van der Waals surface area contributed by atoms with Crippen LogP contribution in [-0.4, -0.2) is 27.7 Å². The minimum atomic E-state index is 0.356. The predicted octanol–water partition coefficient (Wildman–Crippen LogP) is 3.59. The van der Waals surface area contributed by atoms with Gasteiger partial charge in [-0.15, -0.1) is 0 Å². The first-order chi connectivity index (χ1) is 9.63. The highest BCUT2D eigenvalue weighted by molar-refractivity contribution is 9.11. The van der Waals surface area contributed by atoms with Crippen LogP contribution in [0.3, 0.4) is 0 Å². The van der Waals surface area contributed by atoms with Crippen molar-refractivity contribution in [1.82, 2.24) is 20.4 Å². The Hall–Kier alpha value is -0.790. The molecule has 0 saturated carbocycles. The molecule has 0 spiro atoms. The minimum absolute atomic E-state index is 0.356. The van der Waals surface area contributed by atoms with E-state index in [1.807, 2.05) is 6.07 Å². The monoisotopic (exact) mass is 402 g/mol. The Morgan fingerprint density at radius 1 is 1.35 bits per heavy atom. The van der Waals surface area contributed by atoms with Crippen molar-refractivity contribution in [3.05, 3.63) is 27.1 Å². The molecule has 2 aromatic rings. The van der Waals surface area contributed by atoms with Crippen molar-refractivity contribution in [2.45, 2.75) is 32.7 Å². The maximum Gasteiger partial charge on any atom is 0.228 e. The van der Waals surface area contributed by atoms with Crippen molar-refractivity contribution >= 4 is 31.9 Å². The molecule has 5 nitrogen and oxygen atoms in total. The van der Waals surface area contributed by atoms with Gasteiger partial charge < -0.3 is 9.84 Å². The molecule has 20 heavy (non-hydrogen) atoms. The summed E-state index contributed by atoms with van der Waals surface area (Å²) < 4.78 is 7.04. The number of rotatable bonds is 6. The fourth-order valence-electron chi connectivity index (χ4n) is 1.87. The Bertz CT molecular complexity index is 573. The zero-order chi connectivity index (χ0) is 14.5. The summed E-state index contributed by atoms with van der Waals surface area (Å²) >= 11 is 6.82. The molecule has 2 heterocycles. The molecule has 2 rings (SSSR count). The number of likely N-dealkylation sites (N-methyl/N-ethyl adjacent to an activating group) is 1. The smallest absolute Gasteiger partial charge is 0.228 e. The lowest BCUT2D eigenvalue weighted by Crippen LogP contribution is -2.30. The number of hydrogen-bond acceptors (Lipinski definition) is 5. The van der Waals surface area contributed by atoms with Gasteiger partial charge in [0.25, 0.3) is 0 Å². The quantitative estimate of drug-likeness (QED) is 0.798. The van der Waals surface area contributed by atoms with Crippen LogP contribution in [0.4, 0.5) is 0 Å². The molecule has 0 aliphatic rings. The van der Waals surface area contributed by atoms with Crippen molar-refractivity contribution in [1.29, 1.82) is 0 Å². The van der Waals surface area contributed by atoms with Gasteiger partial charge in [0.15, 0.2) is 0 Å². The predicted molar refractivity (Wildman–Crippen MR) is 84.4 cm³/mol. The Morgan fingerprint density at radius 2 is 2.15 bits per heavy atom. The van der Waals surface area contributed by atoms with Crippen LogP contribution in [0.1, 0.15) is 26.2 Å². The molecule has 0 aromatic carbocycles. The molecule has 0 fully saturated rings. The third kappa shape index (κ3) is 3.86. The van der Waals surface area contributed by atoms with E-state index in [0.29, 0.717) is 23.5 Å².